The number of ether oxygens (including phenoxy) is 1. The van der Waals surface area contributed by atoms with Crippen molar-refractivity contribution in [2.24, 2.45) is 0 Å². The van der Waals surface area contributed by atoms with Crippen LogP contribution in [-0.4, -0.2) is 64.1 Å². The Morgan fingerprint density at radius 1 is 1.18 bits per heavy atom. The van der Waals surface area contributed by atoms with Crippen LogP contribution in [0.15, 0.2) is 17.9 Å². The minimum absolute atomic E-state index is 0.0142. The average molecular weight is 386 g/mol. The zero-order valence-electron chi connectivity index (χ0n) is 17.0. The summed E-state index contributed by atoms with van der Waals surface area (Å²) in [6.07, 6.45) is 2.99. The largest absolute Gasteiger partial charge is 0.509 e. The highest BCUT2D eigenvalue weighted by atomic mass is 16.5. The number of amides is 1. The van der Waals surface area contributed by atoms with Crippen LogP contribution in [0, 0.1) is 20.8 Å². The maximum atomic E-state index is 13.6. The summed E-state index contributed by atoms with van der Waals surface area (Å²) in [4.78, 5) is 15.5. The number of nitrogens with zero attached hydrogens (tertiary/aromatic N) is 2. The number of piperidine rings is 1. The molecular formula is C22H30N2O4. The number of aliphatic hydroxyl groups is 1. The van der Waals surface area contributed by atoms with E-state index in [0.29, 0.717) is 38.0 Å². The summed E-state index contributed by atoms with van der Waals surface area (Å²) in [5.74, 6) is 0.0492. The lowest BCUT2D eigenvalue weighted by atomic mass is 9.84. The third kappa shape index (κ3) is 3.04. The van der Waals surface area contributed by atoms with E-state index in [1.807, 2.05) is 25.7 Å². The maximum Gasteiger partial charge on any atom is 0.258 e. The van der Waals surface area contributed by atoms with E-state index in [1.54, 1.807) is 0 Å². The van der Waals surface area contributed by atoms with E-state index in [0.717, 1.165) is 41.7 Å². The molecule has 1 amide bonds. The van der Waals surface area contributed by atoms with E-state index in [-0.39, 0.29) is 17.8 Å². The van der Waals surface area contributed by atoms with Crippen molar-refractivity contribution in [2.75, 3.05) is 26.2 Å². The zero-order valence-corrected chi connectivity index (χ0v) is 17.0. The number of aryl methyl sites for hydroxylation is 3. The lowest BCUT2D eigenvalue weighted by molar-refractivity contribution is -0.147. The van der Waals surface area contributed by atoms with Gasteiger partial charge >= 0.3 is 0 Å². The van der Waals surface area contributed by atoms with Gasteiger partial charge in [-0.2, -0.15) is 5.06 Å². The summed E-state index contributed by atoms with van der Waals surface area (Å²) in [6.45, 7) is 8.10. The average Bonchev–Trinajstić information content (AvgIpc) is 3.21. The van der Waals surface area contributed by atoms with Gasteiger partial charge in [-0.25, -0.2) is 0 Å². The summed E-state index contributed by atoms with van der Waals surface area (Å²) in [7, 11) is 0. The second-order valence-electron chi connectivity index (χ2n) is 8.53. The van der Waals surface area contributed by atoms with Crippen molar-refractivity contribution in [3.63, 3.8) is 0 Å². The predicted molar refractivity (Wildman–Crippen MR) is 106 cm³/mol. The fourth-order valence-electron chi connectivity index (χ4n) is 5.21. The Hall–Kier alpha value is -1.89. The highest BCUT2D eigenvalue weighted by Gasteiger charge is 2.54. The standard InChI is InChI=1S/C22H30N2O4/c1-14-11-15(2)18(16(3)12-14)19-20(25)22(6-8-23(27)9-7-22)24(21(19)26)13-17-5-4-10-28-17/h11-12,17,25,27H,4-10,13H2,1-3H3. The number of hydroxylamine groups is 2. The smallest absolute Gasteiger partial charge is 0.258 e. The van der Waals surface area contributed by atoms with Gasteiger partial charge in [-0.05, 0) is 63.1 Å². The number of carbonyl (C=O) groups excluding carboxylic acids is 1. The highest BCUT2D eigenvalue weighted by Crippen LogP contribution is 2.46. The summed E-state index contributed by atoms with van der Waals surface area (Å²) in [5.41, 5.74) is 3.67. The van der Waals surface area contributed by atoms with E-state index < -0.39 is 5.54 Å². The fourth-order valence-corrected chi connectivity index (χ4v) is 5.21. The van der Waals surface area contributed by atoms with Crippen LogP contribution >= 0.6 is 0 Å². The van der Waals surface area contributed by atoms with Crippen molar-refractivity contribution in [3.8, 4) is 0 Å². The van der Waals surface area contributed by atoms with Gasteiger partial charge in [0.05, 0.1) is 11.7 Å². The number of aliphatic hydroxyl groups excluding tert-OH is 1. The predicted octanol–water partition coefficient (Wildman–Crippen LogP) is 3.13. The Balaban J connectivity index is 1.80. The molecule has 1 atom stereocenters. The van der Waals surface area contributed by atoms with Crippen molar-refractivity contribution in [1.29, 1.82) is 0 Å². The molecule has 2 saturated heterocycles. The van der Waals surface area contributed by atoms with E-state index in [2.05, 4.69) is 12.1 Å². The quantitative estimate of drug-likeness (QED) is 0.835. The molecule has 4 rings (SSSR count). The Morgan fingerprint density at radius 3 is 2.39 bits per heavy atom. The molecular weight excluding hydrogens is 356 g/mol. The Morgan fingerprint density at radius 2 is 1.82 bits per heavy atom. The second kappa shape index (κ2) is 7.17. The molecule has 0 bridgehead atoms. The van der Waals surface area contributed by atoms with Crippen molar-refractivity contribution in [2.45, 2.75) is 58.1 Å². The summed E-state index contributed by atoms with van der Waals surface area (Å²) < 4.78 is 5.80. The molecule has 1 aromatic rings. The maximum absolute atomic E-state index is 13.6. The summed E-state index contributed by atoms with van der Waals surface area (Å²) in [5, 5.41) is 22.6. The minimum atomic E-state index is -0.749. The molecule has 2 N–H and O–H groups in total. The Bertz CT molecular complexity index is 795. The molecule has 1 aromatic carbocycles. The molecule has 0 saturated carbocycles. The van der Waals surface area contributed by atoms with Crippen LogP contribution < -0.4 is 0 Å². The van der Waals surface area contributed by atoms with Crippen LogP contribution in [0.3, 0.4) is 0 Å². The topological polar surface area (TPSA) is 73.2 Å². The molecule has 28 heavy (non-hydrogen) atoms. The molecule has 1 unspecified atom stereocenters. The molecule has 152 valence electrons. The summed E-state index contributed by atoms with van der Waals surface area (Å²) in [6, 6.07) is 4.11. The molecule has 3 heterocycles. The fraction of sp³-hybridized carbons (Fsp3) is 0.591. The molecule has 0 aromatic heterocycles. The van der Waals surface area contributed by atoms with Gasteiger partial charge in [0, 0.05) is 26.2 Å². The lowest BCUT2D eigenvalue weighted by Crippen LogP contribution is -2.56. The lowest BCUT2D eigenvalue weighted by Gasteiger charge is -2.44. The third-order valence-corrected chi connectivity index (χ3v) is 6.56. The zero-order chi connectivity index (χ0) is 20.1. The van der Waals surface area contributed by atoms with E-state index in [4.69, 9.17) is 4.74 Å². The second-order valence-corrected chi connectivity index (χ2v) is 8.53. The number of carbonyl (C=O) groups is 1. The van der Waals surface area contributed by atoms with Gasteiger partial charge in [0.2, 0.25) is 0 Å². The third-order valence-electron chi connectivity index (χ3n) is 6.56. The van der Waals surface area contributed by atoms with Crippen molar-refractivity contribution < 1.29 is 19.8 Å². The van der Waals surface area contributed by atoms with Gasteiger partial charge in [0.25, 0.3) is 5.91 Å². The van der Waals surface area contributed by atoms with Crippen LogP contribution in [0.1, 0.15) is 47.9 Å². The molecule has 3 aliphatic heterocycles. The van der Waals surface area contributed by atoms with Crippen LogP contribution in [-0.2, 0) is 9.53 Å². The SMILES string of the molecule is Cc1cc(C)c(C2=C(O)C3(CCN(O)CC3)N(CC3CCCO3)C2=O)c(C)c1. The number of benzene rings is 1. The first-order valence-corrected chi connectivity index (χ1v) is 10.2. The van der Waals surface area contributed by atoms with E-state index >= 15 is 0 Å². The van der Waals surface area contributed by atoms with Gasteiger partial charge < -0.3 is 20.0 Å². The molecule has 1 spiro atoms. The van der Waals surface area contributed by atoms with Gasteiger partial charge in [0.1, 0.15) is 11.3 Å². The van der Waals surface area contributed by atoms with E-state index in [9.17, 15) is 15.1 Å². The number of hydrogen-bond donors (Lipinski definition) is 2. The Labute approximate surface area is 166 Å². The molecule has 0 radical (unpaired) electrons. The molecule has 3 aliphatic rings. The van der Waals surface area contributed by atoms with Crippen molar-refractivity contribution in [3.05, 3.63) is 40.1 Å². The molecule has 0 aliphatic carbocycles. The first kappa shape index (κ1) is 19.4. The Kier molecular flexibility index (Phi) is 4.98. The highest BCUT2D eigenvalue weighted by molar-refractivity contribution is 6.23. The van der Waals surface area contributed by atoms with Gasteiger partial charge in [-0.1, -0.05) is 17.7 Å². The van der Waals surface area contributed by atoms with Crippen molar-refractivity contribution in [1.82, 2.24) is 9.96 Å². The van der Waals surface area contributed by atoms with Crippen LogP contribution in [0.2, 0.25) is 0 Å². The van der Waals surface area contributed by atoms with Crippen LogP contribution in [0.4, 0.5) is 0 Å². The van der Waals surface area contributed by atoms with Crippen molar-refractivity contribution >= 4 is 11.5 Å². The molecule has 6 nitrogen and oxygen atoms in total. The first-order valence-electron chi connectivity index (χ1n) is 10.2. The number of hydrogen-bond acceptors (Lipinski definition) is 5. The van der Waals surface area contributed by atoms with E-state index in [1.165, 1.54) is 5.06 Å². The minimum Gasteiger partial charge on any atom is -0.509 e. The van der Waals surface area contributed by atoms with Crippen LogP contribution in [0.25, 0.3) is 5.57 Å². The monoisotopic (exact) mass is 386 g/mol. The molecule has 6 heteroatoms. The van der Waals surface area contributed by atoms with Gasteiger partial charge in [-0.3, -0.25) is 4.79 Å². The normalized spacial score (nSPS) is 25.4. The van der Waals surface area contributed by atoms with Crippen LogP contribution in [0.5, 0.6) is 0 Å². The number of rotatable bonds is 3. The van der Waals surface area contributed by atoms with Gasteiger partial charge in [-0.15, -0.1) is 0 Å². The van der Waals surface area contributed by atoms with Gasteiger partial charge in [0.15, 0.2) is 0 Å². The first-order chi connectivity index (χ1) is 13.3. The molecule has 2 fully saturated rings. The summed E-state index contributed by atoms with van der Waals surface area (Å²) >= 11 is 0.